The molecule has 0 atom stereocenters. The maximum atomic E-state index is 13.0. The van der Waals surface area contributed by atoms with Crippen LogP contribution >= 0.6 is 0 Å². The number of hydrogen-bond acceptors (Lipinski definition) is 7. The molecule has 0 radical (unpaired) electrons. The molecule has 0 fully saturated rings. The fourth-order valence-corrected chi connectivity index (χ4v) is 3.55. The van der Waals surface area contributed by atoms with Crippen molar-refractivity contribution in [2.24, 2.45) is 0 Å². The molecule has 35 heavy (non-hydrogen) atoms. The third-order valence-electron chi connectivity index (χ3n) is 5.34. The number of esters is 1. The van der Waals surface area contributed by atoms with Crippen LogP contribution < -0.4 is 19.6 Å². The molecular weight excluding hydrogens is 448 g/mol. The lowest BCUT2D eigenvalue weighted by Crippen LogP contribution is -2.03. The number of ether oxygens (including phenoxy) is 4. The largest absolute Gasteiger partial charge is 0.493 e. The molecule has 3 aromatic carbocycles. The number of hydrogen-bond donors (Lipinski definition) is 0. The van der Waals surface area contributed by atoms with Crippen LogP contribution in [0.5, 0.6) is 17.2 Å². The lowest BCUT2D eigenvalue weighted by Gasteiger charge is -2.13. The molecule has 0 unspecified atom stereocenters. The van der Waals surface area contributed by atoms with E-state index >= 15 is 0 Å². The first-order valence-electron chi connectivity index (χ1n) is 10.8. The SMILES string of the molecule is COC(=O)/C=C/c1cc(OC)c2oc(-c3ccc(OC)c(OCc4ccccc4)c3)cc(=O)c2c1. The molecule has 0 aliphatic rings. The number of carbonyl (C=O) groups is 1. The second-order valence-corrected chi connectivity index (χ2v) is 7.57. The molecule has 0 aliphatic carbocycles. The first kappa shape index (κ1) is 23.6. The molecule has 0 amide bonds. The summed E-state index contributed by atoms with van der Waals surface area (Å²) in [6.45, 7) is 0.359. The lowest BCUT2D eigenvalue weighted by atomic mass is 10.1. The van der Waals surface area contributed by atoms with Crippen molar-refractivity contribution in [1.29, 1.82) is 0 Å². The van der Waals surface area contributed by atoms with Crippen LogP contribution in [-0.4, -0.2) is 27.3 Å². The summed E-state index contributed by atoms with van der Waals surface area (Å²) in [6.07, 6.45) is 2.81. The van der Waals surface area contributed by atoms with Gasteiger partial charge in [0.1, 0.15) is 12.4 Å². The molecule has 0 aliphatic heterocycles. The van der Waals surface area contributed by atoms with Gasteiger partial charge >= 0.3 is 5.97 Å². The molecule has 0 bridgehead atoms. The minimum atomic E-state index is -0.503. The van der Waals surface area contributed by atoms with Crippen molar-refractivity contribution in [3.63, 3.8) is 0 Å². The van der Waals surface area contributed by atoms with Crippen molar-refractivity contribution in [2.45, 2.75) is 6.61 Å². The molecule has 1 heterocycles. The van der Waals surface area contributed by atoms with E-state index in [9.17, 15) is 9.59 Å². The Balaban J connectivity index is 1.73. The third kappa shape index (κ3) is 5.35. The van der Waals surface area contributed by atoms with Crippen LogP contribution in [0.1, 0.15) is 11.1 Å². The number of methoxy groups -OCH3 is 3. The molecule has 0 saturated heterocycles. The van der Waals surface area contributed by atoms with Gasteiger partial charge in [0.15, 0.2) is 28.3 Å². The van der Waals surface area contributed by atoms with Crippen LogP contribution in [-0.2, 0) is 16.1 Å². The Labute approximate surface area is 202 Å². The van der Waals surface area contributed by atoms with Gasteiger partial charge in [0, 0.05) is 17.7 Å². The fourth-order valence-electron chi connectivity index (χ4n) is 3.55. The minimum absolute atomic E-state index is 0.254. The highest BCUT2D eigenvalue weighted by Gasteiger charge is 2.15. The van der Waals surface area contributed by atoms with Gasteiger partial charge in [0.25, 0.3) is 0 Å². The molecule has 0 spiro atoms. The van der Waals surface area contributed by atoms with Crippen molar-refractivity contribution in [1.82, 2.24) is 0 Å². The zero-order valence-corrected chi connectivity index (χ0v) is 19.6. The monoisotopic (exact) mass is 472 g/mol. The van der Waals surface area contributed by atoms with Gasteiger partial charge in [-0.3, -0.25) is 4.79 Å². The van der Waals surface area contributed by atoms with Crippen LogP contribution in [0.15, 0.2) is 82.0 Å². The molecule has 7 nitrogen and oxygen atoms in total. The molecule has 4 aromatic rings. The van der Waals surface area contributed by atoms with Gasteiger partial charge in [-0.1, -0.05) is 30.3 Å². The first-order chi connectivity index (χ1) is 17.0. The molecule has 0 saturated carbocycles. The summed E-state index contributed by atoms with van der Waals surface area (Å²) in [5, 5.41) is 0.326. The van der Waals surface area contributed by atoms with E-state index in [2.05, 4.69) is 4.74 Å². The van der Waals surface area contributed by atoms with E-state index in [-0.39, 0.29) is 5.43 Å². The highest BCUT2D eigenvalue weighted by molar-refractivity contribution is 5.90. The maximum absolute atomic E-state index is 13.0. The Morgan fingerprint density at radius 3 is 2.37 bits per heavy atom. The Morgan fingerprint density at radius 1 is 0.886 bits per heavy atom. The number of rotatable bonds is 8. The van der Waals surface area contributed by atoms with Gasteiger partial charge in [-0.2, -0.15) is 0 Å². The summed E-state index contributed by atoms with van der Waals surface area (Å²) in [4.78, 5) is 24.5. The first-order valence-corrected chi connectivity index (χ1v) is 10.8. The van der Waals surface area contributed by atoms with E-state index in [1.54, 1.807) is 43.5 Å². The van der Waals surface area contributed by atoms with Gasteiger partial charge in [-0.15, -0.1) is 0 Å². The molecular formula is C28H24O7. The van der Waals surface area contributed by atoms with Crippen molar-refractivity contribution in [2.75, 3.05) is 21.3 Å². The predicted molar refractivity (Wildman–Crippen MR) is 133 cm³/mol. The van der Waals surface area contributed by atoms with Crippen LogP contribution in [0, 0.1) is 0 Å². The molecule has 1 aromatic heterocycles. The van der Waals surface area contributed by atoms with Gasteiger partial charge < -0.3 is 23.4 Å². The highest BCUT2D eigenvalue weighted by atomic mass is 16.5. The van der Waals surface area contributed by atoms with Gasteiger partial charge in [0.2, 0.25) is 0 Å². The average molecular weight is 472 g/mol. The normalized spacial score (nSPS) is 10.9. The number of benzene rings is 3. The topological polar surface area (TPSA) is 84.2 Å². The summed E-state index contributed by atoms with van der Waals surface area (Å²) in [5.74, 6) is 1.29. The number of carbonyl (C=O) groups excluding carboxylic acids is 1. The van der Waals surface area contributed by atoms with Crippen molar-refractivity contribution >= 4 is 23.0 Å². The van der Waals surface area contributed by atoms with Crippen molar-refractivity contribution in [3.8, 4) is 28.6 Å². The highest BCUT2D eigenvalue weighted by Crippen LogP contribution is 2.35. The van der Waals surface area contributed by atoms with Gasteiger partial charge in [0.05, 0.1) is 26.7 Å². The summed E-state index contributed by atoms with van der Waals surface area (Å²) < 4.78 is 27.6. The van der Waals surface area contributed by atoms with E-state index in [0.717, 1.165) is 5.56 Å². The van der Waals surface area contributed by atoms with Crippen LogP contribution in [0.2, 0.25) is 0 Å². The van der Waals surface area contributed by atoms with E-state index in [4.69, 9.17) is 18.6 Å². The van der Waals surface area contributed by atoms with E-state index in [1.807, 2.05) is 30.3 Å². The molecule has 4 rings (SSSR count). The van der Waals surface area contributed by atoms with E-state index in [1.165, 1.54) is 26.4 Å². The third-order valence-corrected chi connectivity index (χ3v) is 5.34. The summed E-state index contributed by atoms with van der Waals surface area (Å²) in [6, 6.07) is 19.8. The Morgan fingerprint density at radius 2 is 1.66 bits per heavy atom. The van der Waals surface area contributed by atoms with Crippen LogP contribution in [0.4, 0.5) is 0 Å². The standard InChI is InChI=1S/C28H24O7/c1-31-23-11-10-20(15-25(23)34-17-18-7-5-4-6-8-18)24-16-22(29)21-13-19(9-12-27(30)33-3)14-26(32-2)28(21)35-24/h4-16H,17H2,1-3H3/b12-9+. The smallest absolute Gasteiger partial charge is 0.330 e. The Bertz CT molecular complexity index is 1440. The summed E-state index contributed by atoms with van der Waals surface area (Å²) >= 11 is 0. The maximum Gasteiger partial charge on any atom is 0.330 e. The Hall–Kier alpha value is -4.52. The van der Waals surface area contributed by atoms with E-state index < -0.39 is 5.97 Å². The second-order valence-electron chi connectivity index (χ2n) is 7.57. The van der Waals surface area contributed by atoms with Crippen molar-refractivity contribution < 1.29 is 28.2 Å². The Kier molecular flexibility index (Phi) is 7.16. The lowest BCUT2D eigenvalue weighted by molar-refractivity contribution is -0.134. The second kappa shape index (κ2) is 10.6. The van der Waals surface area contributed by atoms with Crippen molar-refractivity contribution in [3.05, 3.63) is 94.2 Å². The average Bonchev–Trinajstić information content (AvgIpc) is 2.90. The van der Waals surface area contributed by atoms with Gasteiger partial charge in [-0.25, -0.2) is 4.79 Å². The molecule has 178 valence electrons. The summed E-state index contributed by atoms with van der Waals surface area (Å²) in [5.41, 5.74) is 2.30. The molecule has 0 N–H and O–H groups in total. The predicted octanol–water partition coefficient (Wildman–Crippen LogP) is 5.24. The van der Waals surface area contributed by atoms with E-state index in [0.29, 0.717) is 51.7 Å². The molecule has 7 heteroatoms. The summed E-state index contributed by atoms with van der Waals surface area (Å²) in [7, 11) is 4.34. The van der Waals surface area contributed by atoms with Gasteiger partial charge in [-0.05, 0) is 47.5 Å². The number of fused-ring (bicyclic) bond motifs is 1. The van der Waals surface area contributed by atoms with Crippen LogP contribution in [0.3, 0.4) is 0 Å². The minimum Gasteiger partial charge on any atom is -0.493 e. The quantitative estimate of drug-likeness (QED) is 0.256. The van der Waals surface area contributed by atoms with Crippen LogP contribution in [0.25, 0.3) is 28.4 Å². The fraction of sp³-hybridized carbons (Fsp3) is 0.143. The zero-order valence-electron chi connectivity index (χ0n) is 19.6. The zero-order chi connectivity index (χ0) is 24.8.